The molecule has 0 radical (unpaired) electrons. The van der Waals surface area contributed by atoms with Gasteiger partial charge in [-0.1, -0.05) is 0 Å². The van der Waals surface area contributed by atoms with Gasteiger partial charge < -0.3 is 4.74 Å². The summed E-state index contributed by atoms with van der Waals surface area (Å²) in [5.41, 5.74) is -4.24. The second-order valence-corrected chi connectivity index (χ2v) is 7.97. The SMILES string of the molecule is O=C(C[C@@H]1CCS(=O)(=O)C1)OCc1c(F)c(F)c(C(F)(F)F)c(F)c1F. The molecule has 1 aliphatic rings. The van der Waals surface area contributed by atoms with E-state index in [1.807, 2.05) is 0 Å². The van der Waals surface area contributed by atoms with E-state index >= 15 is 0 Å². The molecule has 1 aliphatic heterocycles. The van der Waals surface area contributed by atoms with Crippen LogP contribution >= 0.6 is 0 Å². The van der Waals surface area contributed by atoms with Crippen molar-refractivity contribution in [2.45, 2.75) is 25.6 Å². The van der Waals surface area contributed by atoms with Crippen LogP contribution < -0.4 is 0 Å². The molecule has 2 rings (SSSR count). The van der Waals surface area contributed by atoms with Crippen LogP contribution in [-0.4, -0.2) is 25.9 Å². The third kappa shape index (κ3) is 4.27. The van der Waals surface area contributed by atoms with Gasteiger partial charge in [-0.15, -0.1) is 0 Å². The molecule has 0 N–H and O–H groups in total. The number of ether oxygens (including phenoxy) is 1. The van der Waals surface area contributed by atoms with Crippen LogP contribution in [0.2, 0.25) is 0 Å². The Hall–Kier alpha value is -1.85. The van der Waals surface area contributed by atoms with E-state index in [9.17, 15) is 43.9 Å². The van der Waals surface area contributed by atoms with E-state index in [-0.39, 0.29) is 17.9 Å². The molecule has 0 aliphatic carbocycles. The first kappa shape index (κ1) is 20.5. The second-order valence-electron chi connectivity index (χ2n) is 5.74. The molecule has 1 heterocycles. The molecule has 0 saturated carbocycles. The Morgan fingerprint density at radius 1 is 1.04 bits per heavy atom. The lowest BCUT2D eigenvalue weighted by atomic mass is 10.1. The first-order valence-electron chi connectivity index (χ1n) is 7.11. The molecule has 0 spiro atoms. The summed E-state index contributed by atoms with van der Waals surface area (Å²) in [5, 5.41) is 0. The molecule has 0 unspecified atom stereocenters. The lowest BCUT2D eigenvalue weighted by Crippen LogP contribution is -2.19. The van der Waals surface area contributed by atoms with Gasteiger partial charge in [-0.2, -0.15) is 13.2 Å². The first-order chi connectivity index (χ1) is 11.8. The second kappa shape index (κ2) is 7.05. The number of benzene rings is 1. The number of halogens is 7. The Morgan fingerprint density at radius 2 is 1.58 bits per heavy atom. The van der Waals surface area contributed by atoms with Crippen LogP contribution in [0.3, 0.4) is 0 Å². The molecule has 1 aromatic carbocycles. The van der Waals surface area contributed by atoms with Crippen molar-refractivity contribution >= 4 is 15.8 Å². The Balaban J connectivity index is 2.14. The van der Waals surface area contributed by atoms with Crippen molar-refractivity contribution < 1.29 is 48.7 Å². The molecular weight excluding hydrogens is 397 g/mol. The van der Waals surface area contributed by atoms with Gasteiger partial charge in [0.05, 0.1) is 17.1 Å². The van der Waals surface area contributed by atoms with Gasteiger partial charge in [0.1, 0.15) is 12.2 Å². The van der Waals surface area contributed by atoms with E-state index in [2.05, 4.69) is 4.74 Å². The van der Waals surface area contributed by atoms with Gasteiger partial charge in [-0.25, -0.2) is 26.0 Å². The summed E-state index contributed by atoms with van der Waals surface area (Å²) in [6, 6.07) is 0. The van der Waals surface area contributed by atoms with Crippen molar-refractivity contribution in [2.24, 2.45) is 5.92 Å². The van der Waals surface area contributed by atoms with Crippen LogP contribution in [0.25, 0.3) is 0 Å². The average Bonchev–Trinajstić information content (AvgIpc) is 2.82. The highest BCUT2D eigenvalue weighted by molar-refractivity contribution is 7.91. The summed E-state index contributed by atoms with van der Waals surface area (Å²) < 4.78 is 118. The lowest BCUT2D eigenvalue weighted by molar-refractivity contribution is -0.147. The zero-order valence-electron chi connectivity index (χ0n) is 12.8. The number of hydrogen-bond donors (Lipinski definition) is 0. The number of carbonyl (C=O) groups is 1. The van der Waals surface area contributed by atoms with Crippen molar-refractivity contribution in [1.82, 2.24) is 0 Å². The highest BCUT2D eigenvalue weighted by atomic mass is 32.2. The van der Waals surface area contributed by atoms with Crippen LogP contribution in [0.1, 0.15) is 24.0 Å². The molecule has 1 fully saturated rings. The minimum Gasteiger partial charge on any atom is -0.461 e. The molecule has 1 aromatic rings. The van der Waals surface area contributed by atoms with Gasteiger partial charge in [0, 0.05) is 6.42 Å². The summed E-state index contributed by atoms with van der Waals surface area (Å²) in [6.07, 6.45) is -5.92. The normalized spacial score (nSPS) is 19.6. The summed E-state index contributed by atoms with van der Waals surface area (Å²) in [5.74, 6) is -12.1. The summed E-state index contributed by atoms with van der Waals surface area (Å²) in [4.78, 5) is 11.6. The van der Waals surface area contributed by atoms with Crippen LogP contribution in [0, 0.1) is 29.2 Å². The standard InChI is InChI=1S/C14H11F7O4S/c15-10-7(11(16)13(18)9(12(10)17)14(19,20)21)4-25-8(22)3-6-1-2-26(23,24)5-6/h6H,1-5H2/t6-/m0/s1. The van der Waals surface area contributed by atoms with E-state index in [0.717, 1.165) is 0 Å². The maximum atomic E-state index is 13.6. The quantitative estimate of drug-likeness (QED) is 0.437. The minimum atomic E-state index is -5.67. The first-order valence-corrected chi connectivity index (χ1v) is 8.93. The Labute approximate surface area is 142 Å². The number of sulfone groups is 1. The van der Waals surface area contributed by atoms with Crippen LogP contribution in [-0.2, 0) is 32.2 Å². The molecule has 26 heavy (non-hydrogen) atoms. The van der Waals surface area contributed by atoms with Gasteiger partial charge >= 0.3 is 12.1 Å². The molecule has 12 heteroatoms. The summed E-state index contributed by atoms with van der Waals surface area (Å²) in [7, 11) is -3.29. The van der Waals surface area contributed by atoms with Gasteiger partial charge in [-0.05, 0) is 12.3 Å². The summed E-state index contributed by atoms with van der Waals surface area (Å²) in [6.45, 7) is -1.35. The van der Waals surface area contributed by atoms with Crippen molar-refractivity contribution in [3.63, 3.8) is 0 Å². The van der Waals surface area contributed by atoms with Crippen LogP contribution in [0.4, 0.5) is 30.7 Å². The molecule has 0 bridgehead atoms. The number of esters is 1. The number of carbonyl (C=O) groups excluding carboxylic acids is 1. The number of alkyl halides is 3. The van der Waals surface area contributed by atoms with Crippen LogP contribution in [0.15, 0.2) is 0 Å². The van der Waals surface area contributed by atoms with E-state index in [1.165, 1.54) is 0 Å². The van der Waals surface area contributed by atoms with E-state index < -0.39 is 75.3 Å². The van der Waals surface area contributed by atoms with Gasteiger partial charge in [-0.3, -0.25) is 4.79 Å². The highest BCUT2D eigenvalue weighted by Gasteiger charge is 2.42. The fourth-order valence-electron chi connectivity index (χ4n) is 2.53. The topological polar surface area (TPSA) is 60.4 Å². The molecular formula is C14H11F7O4S. The maximum Gasteiger partial charge on any atom is 0.422 e. The largest absolute Gasteiger partial charge is 0.461 e. The molecule has 146 valence electrons. The van der Waals surface area contributed by atoms with Crippen molar-refractivity contribution in [1.29, 1.82) is 0 Å². The van der Waals surface area contributed by atoms with Gasteiger partial charge in [0.25, 0.3) is 0 Å². The monoisotopic (exact) mass is 408 g/mol. The average molecular weight is 408 g/mol. The smallest absolute Gasteiger partial charge is 0.422 e. The predicted octanol–water partition coefficient (Wildman–Crippen LogP) is 3.13. The molecule has 0 amide bonds. The third-order valence-electron chi connectivity index (χ3n) is 3.80. The van der Waals surface area contributed by atoms with Crippen LogP contribution in [0.5, 0.6) is 0 Å². The Morgan fingerprint density at radius 3 is 2.00 bits per heavy atom. The molecule has 0 aromatic heterocycles. The molecule has 4 nitrogen and oxygen atoms in total. The highest BCUT2D eigenvalue weighted by Crippen LogP contribution is 2.37. The maximum absolute atomic E-state index is 13.6. The van der Waals surface area contributed by atoms with Crippen molar-refractivity contribution in [2.75, 3.05) is 11.5 Å². The predicted molar refractivity (Wildman–Crippen MR) is 72.4 cm³/mol. The number of hydrogen-bond acceptors (Lipinski definition) is 4. The third-order valence-corrected chi connectivity index (χ3v) is 5.63. The summed E-state index contributed by atoms with van der Waals surface area (Å²) >= 11 is 0. The van der Waals surface area contributed by atoms with Crippen molar-refractivity contribution in [3.05, 3.63) is 34.4 Å². The Bertz CT molecular complexity index is 804. The van der Waals surface area contributed by atoms with E-state index in [4.69, 9.17) is 0 Å². The fourth-order valence-corrected chi connectivity index (χ4v) is 4.39. The zero-order chi connectivity index (χ0) is 19.9. The van der Waals surface area contributed by atoms with E-state index in [0.29, 0.717) is 0 Å². The van der Waals surface area contributed by atoms with Crippen molar-refractivity contribution in [3.8, 4) is 0 Å². The lowest BCUT2D eigenvalue weighted by Gasteiger charge is -2.14. The fraction of sp³-hybridized carbons (Fsp3) is 0.500. The Kier molecular flexibility index (Phi) is 5.54. The van der Waals surface area contributed by atoms with Gasteiger partial charge in [0.2, 0.25) is 0 Å². The number of rotatable bonds is 4. The minimum absolute atomic E-state index is 0.135. The molecule has 1 saturated heterocycles. The van der Waals surface area contributed by atoms with Gasteiger partial charge in [0.15, 0.2) is 33.1 Å². The van der Waals surface area contributed by atoms with E-state index in [1.54, 1.807) is 0 Å². The zero-order valence-corrected chi connectivity index (χ0v) is 13.6. The molecule has 1 atom stereocenters.